The van der Waals surface area contributed by atoms with Gasteiger partial charge in [0.25, 0.3) is 0 Å². The zero-order chi connectivity index (χ0) is 30.4. The molecule has 2 aliphatic heterocycles. The summed E-state index contributed by atoms with van der Waals surface area (Å²) >= 11 is 0.855. The van der Waals surface area contributed by atoms with Crippen LogP contribution in [0.15, 0.2) is 64.3 Å². The minimum absolute atomic E-state index is 0. The summed E-state index contributed by atoms with van der Waals surface area (Å²) in [5.41, 5.74) is 3.74. The minimum atomic E-state index is -4.35. The van der Waals surface area contributed by atoms with E-state index >= 15 is 0 Å². The third-order valence-corrected chi connectivity index (χ3v) is 8.94. The van der Waals surface area contributed by atoms with Crippen molar-refractivity contribution in [2.24, 2.45) is 10.5 Å². The second-order valence-electron chi connectivity index (χ2n) is 10.6. The molecule has 1 atom stereocenters. The van der Waals surface area contributed by atoms with Gasteiger partial charge in [0, 0.05) is 58.1 Å². The number of hydrogen-bond acceptors (Lipinski definition) is 10. The number of nitrogens with zero attached hydrogens (tertiary/aromatic N) is 3. The normalized spacial score (nSPS) is 21.0. The van der Waals surface area contributed by atoms with Crippen LogP contribution in [0.4, 0.5) is 5.69 Å². The molecule has 224 valence electrons. The van der Waals surface area contributed by atoms with Gasteiger partial charge in [-0.2, -0.15) is 14.0 Å². The molecule has 1 aromatic carbocycles. The molecule has 0 saturated heterocycles. The Morgan fingerprint density at radius 2 is 1.95 bits per heavy atom. The van der Waals surface area contributed by atoms with Crippen LogP contribution in [0.1, 0.15) is 59.4 Å². The topological polar surface area (TPSA) is 155 Å². The van der Waals surface area contributed by atoms with Crippen LogP contribution in [0.5, 0.6) is 0 Å². The van der Waals surface area contributed by atoms with Gasteiger partial charge in [-0.3, -0.25) is 14.8 Å². The maximum atomic E-state index is 11.3. The fourth-order valence-electron chi connectivity index (χ4n) is 5.27. The van der Waals surface area contributed by atoms with Crippen LogP contribution < -0.4 is 34.8 Å². The molecule has 0 amide bonds. The number of fused-ring (bicyclic) bond motifs is 1. The van der Waals surface area contributed by atoms with E-state index in [1.54, 1.807) is 5.01 Å². The average molecular weight is 630 g/mol. The molecule has 2 aliphatic rings. The Kier molecular flexibility index (Phi) is 13.2. The van der Waals surface area contributed by atoms with E-state index in [-0.39, 0.29) is 54.4 Å². The van der Waals surface area contributed by atoms with E-state index in [1.165, 1.54) is 0 Å². The van der Waals surface area contributed by atoms with Crippen LogP contribution in [0.25, 0.3) is 0 Å². The largest absolute Gasteiger partial charge is 1.00 e. The number of carboxylic acids is 1. The van der Waals surface area contributed by atoms with Gasteiger partial charge in [-0.1, -0.05) is 18.2 Å². The van der Waals surface area contributed by atoms with E-state index < -0.39 is 27.3 Å². The van der Waals surface area contributed by atoms with Crippen molar-refractivity contribution in [1.82, 2.24) is 5.01 Å². The van der Waals surface area contributed by atoms with Crippen molar-refractivity contribution in [1.29, 1.82) is 0 Å². The number of allylic oxidation sites excluding steroid dienone is 6. The van der Waals surface area contributed by atoms with Gasteiger partial charge in [-0.05, 0) is 65.7 Å². The summed E-state index contributed by atoms with van der Waals surface area (Å²) in [5, 5.41) is 29.2. The average Bonchev–Trinajstić information content (AvgIpc) is 3.26. The standard InChI is InChI=1S/C28H37N3O8S2.Na/c1-6-30-23-14-13-21(40-39-38-34)19-22(23)27(3,4)24(30)11-8-7-9-12-25-28(5,16-15-26(32)33)20(2)29-31(25)17-10-18-41(35,36)37;/h7-9,11-14,19H,6,10,15-18H2,1-5H3,(H2-,32,33,34,35,36,37);/q;+1/p-1. The number of rotatable bonds is 14. The number of benzene rings is 1. The molecular formula is C28H36N3NaO8S2. The fraction of sp³-hybridized carbons (Fsp3) is 0.464. The van der Waals surface area contributed by atoms with Gasteiger partial charge in [-0.15, -0.1) is 0 Å². The predicted molar refractivity (Wildman–Crippen MR) is 153 cm³/mol. The maximum absolute atomic E-state index is 11.3. The molecule has 1 aromatic rings. The number of aliphatic carboxylic acids is 1. The Morgan fingerprint density at radius 1 is 1.24 bits per heavy atom. The van der Waals surface area contributed by atoms with E-state index in [0.29, 0.717) is 6.42 Å². The number of carboxylic acid groups (broad SMARTS) is 1. The number of hydrogen-bond donors (Lipinski definition) is 1. The summed E-state index contributed by atoms with van der Waals surface area (Å²) in [4.78, 5) is 12.1. The van der Waals surface area contributed by atoms with Gasteiger partial charge in [0.15, 0.2) is 5.71 Å². The second kappa shape index (κ2) is 15.3. The first-order valence-electron chi connectivity index (χ1n) is 13.2. The molecule has 3 rings (SSSR count). The second-order valence-corrected chi connectivity index (χ2v) is 12.9. The van der Waals surface area contributed by atoms with Gasteiger partial charge < -0.3 is 14.9 Å². The summed E-state index contributed by atoms with van der Waals surface area (Å²) in [7, 11) is -4.35. The van der Waals surface area contributed by atoms with Gasteiger partial charge in [0.1, 0.15) is 6.54 Å². The Bertz CT molecular complexity index is 1420. The molecule has 11 nitrogen and oxygen atoms in total. The third kappa shape index (κ3) is 8.64. The zero-order valence-electron chi connectivity index (χ0n) is 24.8. The van der Waals surface area contributed by atoms with Crippen LogP contribution in [0.3, 0.4) is 0 Å². The third-order valence-electron chi connectivity index (χ3n) is 7.58. The predicted octanol–water partition coefficient (Wildman–Crippen LogP) is 0.812. The number of hydrazone groups is 1. The molecule has 1 N–H and O–H groups in total. The van der Waals surface area contributed by atoms with Crippen LogP contribution >= 0.6 is 12.0 Å². The Labute approximate surface area is 273 Å². The Hall–Kier alpha value is -1.81. The molecule has 0 radical (unpaired) electrons. The van der Waals surface area contributed by atoms with Crippen molar-refractivity contribution in [2.45, 2.75) is 64.2 Å². The monoisotopic (exact) mass is 629 g/mol. The van der Waals surface area contributed by atoms with Crippen molar-refractivity contribution in [3.63, 3.8) is 0 Å². The van der Waals surface area contributed by atoms with E-state index in [1.807, 2.05) is 62.4 Å². The molecule has 0 fully saturated rings. The maximum Gasteiger partial charge on any atom is 1.00 e. The molecule has 1 unspecified atom stereocenters. The van der Waals surface area contributed by atoms with Crippen molar-refractivity contribution in [3.05, 3.63) is 59.8 Å². The Balaban J connectivity index is 0.00000616. The molecule has 0 spiro atoms. The van der Waals surface area contributed by atoms with Crippen molar-refractivity contribution >= 4 is 45.2 Å². The zero-order valence-corrected chi connectivity index (χ0v) is 28.5. The van der Waals surface area contributed by atoms with Crippen molar-refractivity contribution in [3.8, 4) is 0 Å². The smallest absolute Gasteiger partial charge is 0.748 e. The van der Waals surface area contributed by atoms with Gasteiger partial charge in [-0.25, -0.2) is 8.42 Å². The summed E-state index contributed by atoms with van der Waals surface area (Å²) in [6, 6.07) is 5.84. The van der Waals surface area contributed by atoms with Gasteiger partial charge in [0.2, 0.25) is 5.69 Å². The molecule has 0 saturated carbocycles. The first-order valence-corrected chi connectivity index (χ1v) is 15.5. The van der Waals surface area contributed by atoms with E-state index in [0.717, 1.165) is 51.9 Å². The van der Waals surface area contributed by atoms with Crippen LogP contribution in [-0.4, -0.2) is 63.9 Å². The SMILES string of the molecule is CC[N+]1=C(/C=C/C=C/C=C2\N(CCCS(=O)(=O)[O-])N=C(C)C2(C)CCC(=O)O)C(C)(C)c2cc(SOO[O-])ccc21.[Na+]. The quantitative estimate of drug-likeness (QED) is 0.0595. The van der Waals surface area contributed by atoms with E-state index in [9.17, 15) is 28.1 Å². The molecule has 14 heteroatoms. The summed E-state index contributed by atoms with van der Waals surface area (Å²) in [6.07, 6.45) is 9.93. The summed E-state index contributed by atoms with van der Waals surface area (Å²) < 4.78 is 40.0. The first-order chi connectivity index (χ1) is 19.2. The first kappa shape index (κ1) is 36.4. The molecule has 0 aliphatic carbocycles. The van der Waals surface area contributed by atoms with Gasteiger partial charge >= 0.3 is 35.5 Å². The van der Waals surface area contributed by atoms with Crippen molar-refractivity contribution < 1.29 is 71.6 Å². The van der Waals surface area contributed by atoms with Crippen LogP contribution in [0.2, 0.25) is 0 Å². The summed E-state index contributed by atoms with van der Waals surface area (Å²) in [5.74, 6) is -1.41. The van der Waals surface area contributed by atoms with Crippen molar-refractivity contribution in [2.75, 3.05) is 18.8 Å². The molecule has 42 heavy (non-hydrogen) atoms. The van der Waals surface area contributed by atoms with E-state index in [2.05, 4.69) is 39.8 Å². The van der Waals surface area contributed by atoms with E-state index in [4.69, 9.17) is 0 Å². The molecule has 0 bridgehead atoms. The molecule has 0 aromatic heterocycles. The van der Waals surface area contributed by atoms with Crippen LogP contribution in [0, 0.1) is 5.41 Å². The summed E-state index contributed by atoms with van der Waals surface area (Å²) in [6.45, 7) is 11.0. The minimum Gasteiger partial charge on any atom is -0.748 e. The van der Waals surface area contributed by atoms with Gasteiger partial charge in [0.05, 0.1) is 27.6 Å². The Morgan fingerprint density at radius 3 is 2.57 bits per heavy atom. The van der Waals surface area contributed by atoms with Crippen LogP contribution in [-0.2, 0) is 29.7 Å². The molecular weight excluding hydrogens is 593 g/mol. The number of carbonyl (C=O) groups is 1. The molecule has 2 heterocycles. The fourth-order valence-corrected chi connectivity index (χ4v) is 6.15.